The van der Waals surface area contributed by atoms with E-state index in [1.165, 1.54) is 148 Å². The van der Waals surface area contributed by atoms with Gasteiger partial charge in [0.25, 0.3) is 6.29 Å². The zero-order valence-electron chi connectivity index (χ0n) is 64.1. The maximum absolute atomic E-state index is 13.0. The molecular formula is C90H148NO8+. The predicted molar refractivity (Wildman–Crippen MR) is 428 cm³/mol. The van der Waals surface area contributed by atoms with Crippen LogP contribution in [-0.4, -0.2) is 87.4 Å². The minimum Gasteiger partial charge on any atom is -0.477 e. The molecule has 0 bridgehead atoms. The number of carboxylic acid groups (broad SMARTS) is 1. The van der Waals surface area contributed by atoms with E-state index in [2.05, 4.69) is 196 Å². The Balaban J connectivity index is 4.10. The summed E-state index contributed by atoms with van der Waals surface area (Å²) in [4.78, 5) is 37.7. The number of carbonyl (C=O) groups is 3. The second kappa shape index (κ2) is 78.1. The number of rotatable bonds is 72. The number of hydrogen-bond donors (Lipinski definition) is 1. The highest BCUT2D eigenvalue weighted by Crippen LogP contribution is 2.18. The van der Waals surface area contributed by atoms with Crippen molar-refractivity contribution >= 4 is 17.9 Å². The summed E-state index contributed by atoms with van der Waals surface area (Å²) in [7, 11) is 5.96. The summed E-state index contributed by atoms with van der Waals surface area (Å²) in [6.45, 7) is 4.60. The molecule has 2 atom stereocenters. The third kappa shape index (κ3) is 79.6. The van der Waals surface area contributed by atoms with Gasteiger partial charge in [-0.2, -0.15) is 0 Å². The minimum atomic E-state index is -1.53. The molecule has 0 aromatic carbocycles. The molecule has 0 saturated heterocycles. The molecule has 0 radical (unpaired) electrons. The van der Waals surface area contributed by atoms with Crippen molar-refractivity contribution < 1.29 is 42.9 Å². The predicted octanol–water partition coefficient (Wildman–Crippen LogP) is 25.9. The van der Waals surface area contributed by atoms with E-state index < -0.39 is 24.3 Å². The van der Waals surface area contributed by atoms with Crippen molar-refractivity contribution in [2.24, 2.45) is 0 Å². The Labute approximate surface area is 609 Å². The lowest BCUT2D eigenvalue weighted by atomic mass is 10.0. The van der Waals surface area contributed by atoms with Gasteiger partial charge in [-0.15, -0.1) is 0 Å². The van der Waals surface area contributed by atoms with Crippen LogP contribution in [0.5, 0.6) is 0 Å². The van der Waals surface area contributed by atoms with Crippen LogP contribution in [0.3, 0.4) is 0 Å². The molecule has 0 amide bonds. The Kier molecular flexibility index (Phi) is 73.7. The first-order valence-corrected chi connectivity index (χ1v) is 39.9. The van der Waals surface area contributed by atoms with Gasteiger partial charge in [0.2, 0.25) is 0 Å². The van der Waals surface area contributed by atoms with Crippen molar-refractivity contribution in [3.8, 4) is 0 Å². The number of carboxylic acids is 1. The first-order chi connectivity index (χ1) is 48.6. The van der Waals surface area contributed by atoms with E-state index in [0.717, 1.165) is 128 Å². The molecule has 1 N–H and O–H groups in total. The van der Waals surface area contributed by atoms with Crippen molar-refractivity contribution in [2.75, 3.05) is 47.5 Å². The highest BCUT2D eigenvalue weighted by Gasteiger charge is 2.25. The van der Waals surface area contributed by atoms with Crippen LogP contribution >= 0.6 is 0 Å². The van der Waals surface area contributed by atoms with Crippen LogP contribution in [0.15, 0.2) is 182 Å². The molecule has 560 valence electrons. The number of ether oxygens (including phenoxy) is 4. The summed E-state index contributed by atoms with van der Waals surface area (Å²) in [5.41, 5.74) is 0. The van der Waals surface area contributed by atoms with Gasteiger partial charge in [-0.05, 0) is 135 Å². The Morgan fingerprint density at radius 3 is 0.828 bits per heavy atom. The lowest BCUT2D eigenvalue weighted by Crippen LogP contribution is -2.40. The fourth-order valence-corrected chi connectivity index (χ4v) is 10.7. The molecule has 0 aliphatic heterocycles. The number of unbranched alkanes of at least 4 members (excludes halogenated alkanes) is 27. The van der Waals surface area contributed by atoms with Crippen LogP contribution in [0.1, 0.15) is 309 Å². The van der Waals surface area contributed by atoms with Gasteiger partial charge >= 0.3 is 17.9 Å². The first-order valence-electron chi connectivity index (χ1n) is 39.9. The van der Waals surface area contributed by atoms with E-state index in [0.29, 0.717) is 17.4 Å². The first kappa shape index (κ1) is 93.4. The summed E-state index contributed by atoms with van der Waals surface area (Å²) in [6.07, 6.45) is 116. The lowest BCUT2D eigenvalue weighted by molar-refractivity contribution is -0.870. The Hall–Kier alpha value is -5.61. The molecule has 0 spiro atoms. The van der Waals surface area contributed by atoms with Gasteiger partial charge in [0.05, 0.1) is 34.4 Å². The van der Waals surface area contributed by atoms with E-state index in [1.54, 1.807) is 0 Å². The summed E-state index contributed by atoms with van der Waals surface area (Å²) < 4.78 is 23.0. The van der Waals surface area contributed by atoms with E-state index in [1.807, 2.05) is 21.1 Å². The van der Waals surface area contributed by atoms with Crippen LogP contribution in [0, 0.1) is 0 Å². The summed E-state index contributed by atoms with van der Waals surface area (Å²) in [5.74, 6) is -2.07. The molecule has 99 heavy (non-hydrogen) atoms. The van der Waals surface area contributed by atoms with Crippen molar-refractivity contribution in [2.45, 2.75) is 322 Å². The lowest BCUT2D eigenvalue weighted by Gasteiger charge is -2.25. The van der Waals surface area contributed by atoms with E-state index >= 15 is 0 Å². The molecule has 9 heteroatoms. The number of hydrogen-bond acceptors (Lipinski definition) is 7. The Morgan fingerprint density at radius 2 is 0.545 bits per heavy atom. The largest absolute Gasteiger partial charge is 0.477 e. The molecule has 0 aromatic heterocycles. The number of nitrogens with zero attached hydrogens (tertiary/aromatic N) is 1. The number of carbonyl (C=O) groups excluding carboxylic acids is 2. The second-order valence-electron chi connectivity index (χ2n) is 27.3. The summed E-state index contributed by atoms with van der Waals surface area (Å²) in [5, 5.41) is 9.77. The standard InChI is InChI=1S/C90H147NO8/c1-6-8-10-12-14-16-18-20-22-24-26-28-30-32-34-36-38-40-41-42-43-44-45-46-47-49-50-52-54-56-58-60-62-64-66-68-70-72-74-76-78-80-87(92)97-84-86(85-98-90(89(94)95)96-83-82-91(3,4)5)99-88(93)81-79-77-75-73-71-69-67-65-63-61-59-57-55-53-51-48-39-37-35-33-31-29-27-25-23-21-19-17-15-13-11-9-7-2/h8-11,14-17,20-23,26-29,32-35,39,48,53,55,59,61,65,67,71,73,86,90H,6-7,12-13,18-19,24-25,30-31,36-38,40-47,49-52,54,56-58,60,62-64,66,68-70,72,74-85H2,1-5H3/p+1/b10-8-,11-9-,16-14-,17-15-,22-20-,23-21-,28-26-,29-27-,34-32-,35-33-,48-39-,55-53-,61-59-,67-65-,73-71-. The summed E-state index contributed by atoms with van der Waals surface area (Å²) >= 11 is 0. The van der Waals surface area contributed by atoms with Gasteiger partial charge in [0.15, 0.2) is 6.10 Å². The molecular weight excluding hydrogens is 1220 g/mol. The van der Waals surface area contributed by atoms with Gasteiger partial charge in [-0.1, -0.05) is 344 Å². The van der Waals surface area contributed by atoms with E-state index in [9.17, 15) is 19.5 Å². The van der Waals surface area contributed by atoms with Crippen LogP contribution < -0.4 is 0 Å². The SMILES string of the molecule is CC/C=C\C/C=C\C/C=C\C/C=C\C/C=C\C/C=C\C/C=C\C/C=C\C/C=C\C/C=C\CCCCC(=O)OC(COC(=O)CCCCCCCCCCCCCCCCCCCCCCCCCCC/C=C\C/C=C\C/C=C\C/C=C\C/C=C\CC)COC(OCC[N+](C)(C)C)C(=O)O. The number of aliphatic carboxylic acids is 1. The number of allylic oxidation sites excluding steroid dienone is 30. The molecule has 0 aliphatic rings. The fourth-order valence-electron chi connectivity index (χ4n) is 10.7. The van der Waals surface area contributed by atoms with Crippen LogP contribution in [0.4, 0.5) is 0 Å². The van der Waals surface area contributed by atoms with Gasteiger partial charge in [0, 0.05) is 12.8 Å². The zero-order chi connectivity index (χ0) is 71.8. The van der Waals surface area contributed by atoms with Gasteiger partial charge in [-0.3, -0.25) is 9.59 Å². The smallest absolute Gasteiger partial charge is 0.361 e. The van der Waals surface area contributed by atoms with E-state index in [-0.39, 0.29) is 38.6 Å². The minimum absolute atomic E-state index is 0.171. The highest BCUT2D eigenvalue weighted by atomic mass is 16.7. The van der Waals surface area contributed by atoms with Gasteiger partial charge in [0.1, 0.15) is 13.2 Å². The average molecular weight is 1370 g/mol. The van der Waals surface area contributed by atoms with E-state index in [4.69, 9.17) is 18.9 Å². The molecule has 0 rings (SSSR count). The average Bonchev–Trinajstić information content (AvgIpc) is 1.57. The summed E-state index contributed by atoms with van der Waals surface area (Å²) in [6, 6.07) is 0. The third-order valence-electron chi connectivity index (χ3n) is 16.7. The topological polar surface area (TPSA) is 108 Å². The molecule has 0 aliphatic carbocycles. The maximum Gasteiger partial charge on any atom is 0.361 e. The Bertz CT molecular complexity index is 2290. The zero-order valence-corrected chi connectivity index (χ0v) is 64.1. The van der Waals surface area contributed by atoms with Crippen LogP contribution in [-0.2, 0) is 33.3 Å². The van der Waals surface area contributed by atoms with Gasteiger partial charge in [-0.25, -0.2) is 4.79 Å². The quantitative estimate of drug-likeness (QED) is 0.0211. The third-order valence-corrected chi connectivity index (χ3v) is 16.7. The molecule has 0 aromatic rings. The highest BCUT2D eigenvalue weighted by molar-refractivity contribution is 5.71. The molecule has 0 saturated carbocycles. The number of quaternary nitrogens is 1. The Morgan fingerprint density at radius 1 is 0.303 bits per heavy atom. The van der Waals surface area contributed by atoms with Crippen molar-refractivity contribution in [1.82, 2.24) is 0 Å². The molecule has 9 nitrogen and oxygen atoms in total. The van der Waals surface area contributed by atoms with Crippen molar-refractivity contribution in [1.29, 1.82) is 0 Å². The van der Waals surface area contributed by atoms with Crippen LogP contribution in [0.25, 0.3) is 0 Å². The second-order valence-corrected chi connectivity index (χ2v) is 27.3. The number of esters is 2. The molecule has 0 fully saturated rings. The van der Waals surface area contributed by atoms with Crippen LogP contribution in [0.2, 0.25) is 0 Å². The monoisotopic (exact) mass is 1370 g/mol. The normalized spacial score (nSPS) is 13.7. The fraction of sp³-hybridized carbons (Fsp3) is 0.633. The maximum atomic E-state index is 13.0. The van der Waals surface area contributed by atoms with Crippen molar-refractivity contribution in [3.63, 3.8) is 0 Å². The van der Waals surface area contributed by atoms with Gasteiger partial charge < -0.3 is 28.5 Å². The molecule has 2 unspecified atom stereocenters. The molecule has 0 heterocycles. The van der Waals surface area contributed by atoms with Crippen molar-refractivity contribution in [3.05, 3.63) is 182 Å². The number of likely N-dealkylation sites (N-methyl/N-ethyl adjacent to an activating group) is 1.